The van der Waals surface area contributed by atoms with Crippen molar-refractivity contribution in [3.8, 4) is 5.75 Å². The number of nitrogens with zero attached hydrogens (tertiary/aromatic N) is 2. The molecule has 0 aromatic heterocycles. The lowest BCUT2D eigenvalue weighted by molar-refractivity contribution is -0.132. The van der Waals surface area contributed by atoms with Crippen LogP contribution in [0.1, 0.15) is 25.3 Å². The van der Waals surface area contributed by atoms with Gasteiger partial charge in [-0.2, -0.15) is 0 Å². The van der Waals surface area contributed by atoms with Crippen LogP contribution in [0.3, 0.4) is 0 Å². The van der Waals surface area contributed by atoms with Crippen molar-refractivity contribution < 1.29 is 15.1 Å². The Balaban J connectivity index is 1.97. The van der Waals surface area contributed by atoms with Crippen LogP contribution in [-0.2, 0) is 11.2 Å². The molecule has 1 saturated heterocycles. The van der Waals surface area contributed by atoms with E-state index in [9.17, 15) is 9.90 Å². The van der Waals surface area contributed by atoms with Gasteiger partial charge in [-0.25, -0.2) is 0 Å². The molecule has 0 unspecified atom stereocenters. The first-order chi connectivity index (χ1) is 9.96. The molecule has 0 atom stereocenters. The minimum absolute atomic E-state index is 0.0157. The highest BCUT2D eigenvalue weighted by Crippen LogP contribution is 2.31. The first kappa shape index (κ1) is 15.2. The van der Waals surface area contributed by atoms with Crippen LogP contribution in [0.5, 0.6) is 5.75 Å². The third-order valence-electron chi connectivity index (χ3n) is 4.28. The predicted octanol–water partition coefficient (Wildman–Crippen LogP) is 1.31. The van der Waals surface area contributed by atoms with Gasteiger partial charge >= 0.3 is 0 Å². The summed E-state index contributed by atoms with van der Waals surface area (Å²) in [6, 6.07) is 6.85. The van der Waals surface area contributed by atoms with Crippen LogP contribution >= 0.6 is 0 Å². The molecule has 6 heteroatoms. The Morgan fingerprint density at radius 3 is 2.57 bits per heavy atom. The van der Waals surface area contributed by atoms with E-state index in [0.717, 1.165) is 0 Å². The van der Waals surface area contributed by atoms with Crippen LogP contribution in [0.4, 0.5) is 0 Å². The van der Waals surface area contributed by atoms with E-state index in [4.69, 9.17) is 10.9 Å². The molecular weight excluding hydrogens is 270 g/mol. The van der Waals surface area contributed by atoms with Gasteiger partial charge in [0.1, 0.15) is 11.6 Å². The van der Waals surface area contributed by atoms with E-state index in [1.807, 2.05) is 6.92 Å². The summed E-state index contributed by atoms with van der Waals surface area (Å²) in [6.07, 6.45) is 1.51. The van der Waals surface area contributed by atoms with Crippen molar-refractivity contribution in [1.29, 1.82) is 0 Å². The second kappa shape index (κ2) is 6.03. The summed E-state index contributed by atoms with van der Waals surface area (Å²) in [6.45, 7) is 3.07. The number of hydrogen-bond acceptors (Lipinski definition) is 4. The van der Waals surface area contributed by atoms with Crippen LogP contribution < -0.4 is 5.73 Å². The second-order valence-corrected chi connectivity index (χ2v) is 5.73. The first-order valence-corrected chi connectivity index (χ1v) is 6.99. The number of carbonyl (C=O) groups excluding carboxylic acids is 1. The molecule has 0 spiro atoms. The van der Waals surface area contributed by atoms with Crippen molar-refractivity contribution >= 4 is 11.7 Å². The number of benzene rings is 1. The fourth-order valence-corrected chi connectivity index (χ4v) is 2.56. The van der Waals surface area contributed by atoms with Crippen molar-refractivity contribution in [2.24, 2.45) is 16.3 Å². The van der Waals surface area contributed by atoms with Crippen molar-refractivity contribution in [2.75, 3.05) is 13.1 Å². The summed E-state index contributed by atoms with van der Waals surface area (Å²) >= 11 is 0. The highest BCUT2D eigenvalue weighted by molar-refractivity contribution is 5.86. The topological polar surface area (TPSA) is 99.2 Å². The summed E-state index contributed by atoms with van der Waals surface area (Å²) in [4.78, 5) is 14.0. The summed E-state index contributed by atoms with van der Waals surface area (Å²) in [5, 5.41) is 21.6. The number of phenolic OH excluding ortho intramolecular Hbond substituents is 1. The minimum Gasteiger partial charge on any atom is -0.508 e. The molecule has 1 amide bonds. The van der Waals surface area contributed by atoms with Gasteiger partial charge in [0.2, 0.25) is 5.91 Å². The van der Waals surface area contributed by atoms with E-state index in [0.29, 0.717) is 31.5 Å². The highest BCUT2D eigenvalue weighted by atomic mass is 16.4. The molecule has 1 aliphatic rings. The number of carbonyl (C=O) groups is 1. The normalized spacial score (nSPS) is 18.5. The zero-order valence-electron chi connectivity index (χ0n) is 12.1. The number of para-hydroxylation sites is 1. The molecular formula is C15H21N3O3. The number of amidine groups is 1. The highest BCUT2D eigenvalue weighted by Gasteiger charge is 2.35. The molecule has 114 valence electrons. The average molecular weight is 291 g/mol. The van der Waals surface area contributed by atoms with Gasteiger partial charge in [-0.15, -0.1) is 0 Å². The average Bonchev–Trinajstić information content (AvgIpc) is 2.49. The van der Waals surface area contributed by atoms with Crippen molar-refractivity contribution in [2.45, 2.75) is 26.2 Å². The molecule has 2 rings (SSSR count). The molecule has 6 nitrogen and oxygen atoms in total. The largest absolute Gasteiger partial charge is 0.508 e. The zero-order valence-corrected chi connectivity index (χ0v) is 12.1. The van der Waals surface area contributed by atoms with Gasteiger partial charge in [-0.1, -0.05) is 30.3 Å². The Kier molecular flexibility index (Phi) is 4.35. The maximum atomic E-state index is 12.3. The van der Waals surface area contributed by atoms with E-state index in [2.05, 4.69) is 5.16 Å². The zero-order chi connectivity index (χ0) is 15.5. The van der Waals surface area contributed by atoms with E-state index in [1.165, 1.54) is 0 Å². The van der Waals surface area contributed by atoms with Gasteiger partial charge in [-0.05, 0) is 18.9 Å². The summed E-state index contributed by atoms with van der Waals surface area (Å²) in [5.74, 6) is 0.345. The van der Waals surface area contributed by atoms with Crippen molar-refractivity contribution in [3.05, 3.63) is 29.8 Å². The molecule has 1 fully saturated rings. The Morgan fingerprint density at radius 1 is 1.38 bits per heavy atom. The van der Waals surface area contributed by atoms with Gasteiger partial charge in [0.25, 0.3) is 0 Å². The maximum Gasteiger partial charge on any atom is 0.227 e. The van der Waals surface area contributed by atoms with Crippen LogP contribution in [0, 0.1) is 5.41 Å². The number of likely N-dealkylation sites (tertiary alicyclic amines) is 1. The minimum atomic E-state index is -0.361. The van der Waals surface area contributed by atoms with Gasteiger partial charge < -0.3 is 20.9 Å². The van der Waals surface area contributed by atoms with Gasteiger partial charge in [0.15, 0.2) is 0 Å². The number of piperidine rings is 1. The lowest BCUT2D eigenvalue weighted by Gasteiger charge is -2.38. The third kappa shape index (κ3) is 3.26. The smallest absolute Gasteiger partial charge is 0.227 e. The molecule has 21 heavy (non-hydrogen) atoms. The quantitative estimate of drug-likeness (QED) is 0.338. The van der Waals surface area contributed by atoms with Gasteiger partial charge in [0.05, 0.1) is 6.42 Å². The summed E-state index contributed by atoms with van der Waals surface area (Å²) < 4.78 is 0. The number of amides is 1. The van der Waals surface area contributed by atoms with Crippen LogP contribution in [-0.4, -0.2) is 40.0 Å². The number of rotatable bonds is 3. The number of aromatic hydroxyl groups is 1. The molecule has 4 N–H and O–H groups in total. The molecule has 0 saturated carbocycles. The van der Waals surface area contributed by atoms with Gasteiger partial charge in [-0.3, -0.25) is 4.79 Å². The van der Waals surface area contributed by atoms with Crippen LogP contribution in [0.2, 0.25) is 0 Å². The second-order valence-electron chi connectivity index (χ2n) is 5.73. The SMILES string of the molecule is CC1(/C(N)=N/O)CCN(C(=O)Cc2ccccc2O)CC1. The van der Waals surface area contributed by atoms with Crippen LogP contribution in [0.25, 0.3) is 0 Å². The molecule has 0 aliphatic carbocycles. The first-order valence-electron chi connectivity index (χ1n) is 6.99. The van der Waals surface area contributed by atoms with Crippen molar-refractivity contribution in [3.63, 3.8) is 0 Å². The standard InChI is InChI=1S/C15H21N3O3/c1-15(14(16)17-21)6-8-18(9-7-15)13(20)10-11-4-2-3-5-12(11)19/h2-5,19,21H,6-10H2,1H3,(H2,16,17). The number of nitrogens with two attached hydrogens (primary N) is 1. The predicted molar refractivity (Wildman–Crippen MR) is 79.1 cm³/mol. The molecule has 1 aromatic rings. The van der Waals surface area contributed by atoms with Crippen molar-refractivity contribution in [1.82, 2.24) is 4.90 Å². The molecule has 0 radical (unpaired) electrons. The molecule has 1 heterocycles. The lowest BCUT2D eigenvalue weighted by atomic mass is 9.79. The van der Waals surface area contributed by atoms with E-state index < -0.39 is 0 Å². The van der Waals surface area contributed by atoms with Crippen LogP contribution in [0.15, 0.2) is 29.4 Å². The molecule has 1 aromatic carbocycles. The number of hydrogen-bond donors (Lipinski definition) is 3. The number of phenols is 1. The lowest BCUT2D eigenvalue weighted by Crippen LogP contribution is -2.47. The third-order valence-corrected chi connectivity index (χ3v) is 4.28. The van der Waals surface area contributed by atoms with E-state index in [1.54, 1.807) is 29.2 Å². The Morgan fingerprint density at radius 2 is 2.00 bits per heavy atom. The Hall–Kier alpha value is -2.24. The van der Waals surface area contributed by atoms with E-state index >= 15 is 0 Å². The monoisotopic (exact) mass is 291 g/mol. The fraction of sp³-hybridized carbons (Fsp3) is 0.467. The van der Waals surface area contributed by atoms with Gasteiger partial charge in [0, 0.05) is 24.1 Å². The number of oxime groups is 1. The van der Waals surface area contributed by atoms with E-state index in [-0.39, 0.29) is 29.3 Å². The Labute approximate surface area is 123 Å². The Bertz CT molecular complexity index is 549. The maximum absolute atomic E-state index is 12.3. The molecule has 1 aliphatic heterocycles. The summed E-state index contributed by atoms with van der Waals surface area (Å²) in [5.41, 5.74) is 5.98. The molecule has 0 bridgehead atoms. The fourth-order valence-electron chi connectivity index (χ4n) is 2.56. The summed E-state index contributed by atoms with van der Waals surface area (Å²) in [7, 11) is 0.